The van der Waals surface area contributed by atoms with Gasteiger partial charge in [0.05, 0.1) is 6.61 Å². The highest BCUT2D eigenvalue weighted by Crippen LogP contribution is 2.35. The molecule has 1 aliphatic rings. The first-order valence-corrected chi connectivity index (χ1v) is 8.17. The third-order valence-electron chi connectivity index (χ3n) is 4.61. The maximum atomic E-state index is 11.8. The molecule has 0 saturated carbocycles. The van der Waals surface area contributed by atoms with Crippen LogP contribution in [0.15, 0.2) is 24.3 Å². The highest BCUT2D eigenvalue weighted by atomic mass is 16.3. The summed E-state index contributed by atoms with van der Waals surface area (Å²) >= 11 is 0. The maximum absolute atomic E-state index is 11.8. The average Bonchev–Trinajstić information content (AvgIpc) is 2.89. The maximum Gasteiger partial charge on any atom is 0.251 e. The lowest BCUT2D eigenvalue weighted by Crippen LogP contribution is -2.47. The number of benzene rings is 1. The molecule has 1 atom stereocenters. The molecule has 1 aliphatic heterocycles. The van der Waals surface area contributed by atoms with Crippen LogP contribution in [0.25, 0.3) is 0 Å². The lowest BCUT2D eigenvalue weighted by Gasteiger charge is -2.38. The Morgan fingerprint density at radius 1 is 1.45 bits per heavy atom. The number of likely N-dealkylation sites (tertiary alicyclic amines) is 1. The molecule has 0 aliphatic carbocycles. The summed E-state index contributed by atoms with van der Waals surface area (Å²) in [7, 11) is 1.65. The van der Waals surface area contributed by atoms with Gasteiger partial charge >= 0.3 is 0 Å². The lowest BCUT2D eigenvalue weighted by atomic mass is 9.87. The van der Waals surface area contributed by atoms with Crippen LogP contribution in [0.2, 0.25) is 0 Å². The van der Waals surface area contributed by atoms with E-state index in [1.54, 1.807) is 7.05 Å². The Balaban J connectivity index is 2.16. The fourth-order valence-electron chi connectivity index (χ4n) is 3.65. The number of nitrogens with zero attached hydrogens (tertiary/aromatic N) is 1. The molecule has 0 aromatic heterocycles. The van der Waals surface area contributed by atoms with E-state index in [0.717, 1.165) is 37.9 Å². The van der Waals surface area contributed by atoms with Gasteiger partial charge in [0, 0.05) is 24.7 Å². The molecule has 122 valence electrons. The lowest BCUT2D eigenvalue weighted by molar-refractivity contribution is 0.0409. The summed E-state index contributed by atoms with van der Waals surface area (Å²) in [6.45, 7) is 6.43. The molecule has 4 heteroatoms. The number of carbonyl (C=O) groups is 1. The van der Waals surface area contributed by atoms with Gasteiger partial charge in [-0.3, -0.25) is 9.69 Å². The molecule has 1 saturated heterocycles. The number of carbonyl (C=O) groups excluding carboxylic acids is 1. The number of aliphatic hydroxyl groups is 1. The third kappa shape index (κ3) is 3.68. The first-order chi connectivity index (χ1) is 10.5. The highest BCUT2D eigenvalue weighted by Gasteiger charge is 2.40. The molecule has 1 aromatic rings. The molecule has 1 unspecified atom stereocenters. The van der Waals surface area contributed by atoms with Crippen LogP contribution >= 0.6 is 0 Å². The van der Waals surface area contributed by atoms with E-state index >= 15 is 0 Å². The zero-order valence-electron chi connectivity index (χ0n) is 13.9. The molecule has 4 nitrogen and oxygen atoms in total. The SMILES string of the molecule is CNC(=O)c1cccc(CN2CCCC2(CO)CC(C)C)c1. The monoisotopic (exact) mass is 304 g/mol. The zero-order valence-corrected chi connectivity index (χ0v) is 13.9. The van der Waals surface area contributed by atoms with Crippen molar-refractivity contribution in [1.82, 2.24) is 10.2 Å². The van der Waals surface area contributed by atoms with E-state index in [1.807, 2.05) is 18.2 Å². The van der Waals surface area contributed by atoms with Crippen LogP contribution in [-0.2, 0) is 6.54 Å². The third-order valence-corrected chi connectivity index (χ3v) is 4.61. The van der Waals surface area contributed by atoms with Crippen LogP contribution in [0.3, 0.4) is 0 Å². The molecule has 0 bridgehead atoms. The molecular formula is C18H28N2O2. The number of aliphatic hydroxyl groups excluding tert-OH is 1. The van der Waals surface area contributed by atoms with Crippen molar-refractivity contribution < 1.29 is 9.90 Å². The molecule has 2 rings (SSSR count). The van der Waals surface area contributed by atoms with Crippen molar-refractivity contribution in [2.45, 2.75) is 45.2 Å². The predicted molar refractivity (Wildman–Crippen MR) is 88.7 cm³/mol. The zero-order chi connectivity index (χ0) is 16.2. The summed E-state index contributed by atoms with van der Waals surface area (Å²) in [6, 6.07) is 7.77. The average molecular weight is 304 g/mol. The van der Waals surface area contributed by atoms with Crippen molar-refractivity contribution in [1.29, 1.82) is 0 Å². The van der Waals surface area contributed by atoms with Gasteiger partial charge in [-0.25, -0.2) is 0 Å². The fraction of sp³-hybridized carbons (Fsp3) is 0.611. The molecule has 22 heavy (non-hydrogen) atoms. The van der Waals surface area contributed by atoms with Gasteiger partial charge in [-0.1, -0.05) is 26.0 Å². The second kappa shape index (κ2) is 7.25. The Morgan fingerprint density at radius 2 is 2.23 bits per heavy atom. The van der Waals surface area contributed by atoms with Crippen LogP contribution in [0.1, 0.15) is 49.0 Å². The predicted octanol–water partition coefficient (Wildman–Crippen LogP) is 2.42. The summed E-state index contributed by atoms with van der Waals surface area (Å²) in [4.78, 5) is 14.2. The van der Waals surface area contributed by atoms with Crippen molar-refractivity contribution in [3.8, 4) is 0 Å². The summed E-state index contributed by atoms with van der Waals surface area (Å²) in [5, 5.41) is 12.7. The minimum atomic E-state index is -0.100. The first-order valence-electron chi connectivity index (χ1n) is 8.17. The summed E-state index contributed by atoms with van der Waals surface area (Å²) in [5.74, 6) is 0.504. The topological polar surface area (TPSA) is 52.6 Å². The standard InChI is InChI=1S/C18H28N2O2/c1-14(2)11-18(13-21)8-5-9-20(18)12-15-6-4-7-16(10-15)17(22)19-3/h4,6-7,10,14,21H,5,8-9,11-13H2,1-3H3,(H,19,22). The highest BCUT2D eigenvalue weighted by molar-refractivity contribution is 5.94. The quantitative estimate of drug-likeness (QED) is 0.848. The van der Waals surface area contributed by atoms with E-state index in [9.17, 15) is 9.90 Å². The van der Waals surface area contributed by atoms with Crippen molar-refractivity contribution in [3.63, 3.8) is 0 Å². The number of amides is 1. The Bertz CT molecular complexity index is 516. The van der Waals surface area contributed by atoms with E-state index in [0.29, 0.717) is 11.5 Å². The van der Waals surface area contributed by atoms with Gasteiger partial charge in [-0.05, 0) is 49.4 Å². The van der Waals surface area contributed by atoms with Gasteiger partial charge in [-0.2, -0.15) is 0 Å². The second-order valence-corrected chi connectivity index (χ2v) is 6.79. The normalized spacial score (nSPS) is 22.2. The number of nitrogens with one attached hydrogen (secondary N) is 1. The van der Waals surface area contributed by atoms with Gasteiger partial charge in [0.2, 0.25) is 0 Å². The molecule has 1 amide bonds. The van der Waals surface area contributed by atoms with Gasteiger partial charge in [0.1, 0.15) is 0 Å². The van der Waals surface area contributed by atoms with E-state index in [-0.39, 0.29) is 18.1 Å². The number of rotatable bonds is 6. The smallest absolute Gasteiger partial charge is 0.251 e. The molecular weight excluding hydrogens is 276 g/mol. The van der Waals surface area contributed by atoms with E-state index in [4.69, 9.17) is 0 Å². The largest absolute Gasteiger partial charge is 0.394 e. The summed E-state index contributed by atoms with van der Waals surface area (Å²) in [6.07, 6.45) is 3.19. The minimum absolute atomic E-state index is 0.0566. The van der Waals surface area contributed by atoms with Crippen LogP contribution in [-0.4, -0.2) is 41.7 Å². The minimum Gasteiger partial charge on any atom is -0.394 e. The van der Waals surface area contributed by atoms with E-state index in [2.05, 4.69) is 30.1 Å². The van der Waals surface area contributed by atoms with Gasteiger partial charge < -0.3 is 10.4 Å². The van der Waals surface area contributed by atoms with Crippen LogP contribution in [0, 0.1) is 5.92 Å². The van der Waals surface area contributed by atoms with Crippen LogP contribution in [0.4, 0.5) is 0 Å². The van der Waals surface area contributed by atoms with Crippen LogP contribution < -0.4 is 5.32 Å². The molecule has 0 radical (unpaired) electrons. The Hall–Kier alpha value is -1.39. The van der Waals surface area contributed by atoms with Gasteiger partial charge in [0.15, 0.2) is 0 Å². The van der Waals surface area contributed by atoms with Crippen molar-refractivity contribution in [3.05, 3.63) is 35.4 Å². The molecule has 2 N–H and O–H groups in total. The summed E-state index contributed by atoms with van der Waals surface area (Å²) < 4.78 is 0. The van der Waals surface area contributed by atoms with Gasteiger partial charge in [0.25, 0.3) is 5.91 Å². The Kier molecular flexibility index (Phi) is 5.59. The second-order valence-electron chi connectivity index (χ2n) is 6.79. The van der Waals surface area contributed by atoms with E-state index < -0.39 is 0 Å². The Morgan fingerprint density at radius 3 is 2.86 bits per heavy atom. The van der Waals surface area contributed by atoms with Crippen molar-refractivity contribution in [2.24, 2.45) is 5.92 Å². The Labute approximate surface area is 133 Å². The molecule has 1 aromatic carbocycles. The number of hydrogen-bond donors (Lipinski definition) is 2. The summed E-state index contributed by atoms with van der Waals surface area (Å²) in [5.41, 5.74) is 1.72. The first kappa shape index (κ1) is 17.0. The molecule has 0 spiro atoms. The number of hydrogen-bond acceptors (Lipinski definition) is 3. The van der Waals surface area contributed by atoms with Crippen molar-refractivity contribution in [2.75, 3.05) is 20.2 Å². The van der Waals surface area contributed by atoms with Crippen molar-refractivity contribution >= 4 is 5.91 Å². The van der Waals surface area contributed by atoms with E-state index in [1.165, 1.54) is 0 Å². The fourth-order valence-corrected chi connectivity index (χ4v) is 3.65. The van der Waals surface area contributed by atoms with Crippen LogP contribution in [0.5, 0.6) is 0 Å². The molecule has 1 fully saturated rings. The molecule has 1 heterocycles. The van der Waals surface area contributed by atoms with Gasteiger partial charge in [-0.15, -0.1) is 0 Å².